The number of Topliss-reactive ketones (excluding diaryl/α,β-unsaturated/α-hetero) is 2. The Hall–Kier alpha value is -3.80. The second-order valence-corrected chi connectivity index (χ2v) is 8.57. The van der Waals surface area contributed by atoms with E-state index in [4.69, 9.17) is 5.73 Å². The minimum Gasteiger partial charge on any atom is -0.480 e. The highest BCUT2D eigenvalue weighted by molar-refractivity contribution is 6.09. The zero-order chi connectivity index (χ0) is 27.9. The fourth-order valence-corrected chi connectivity index (χ4v) is 3.50. The molecule has 0 aromatic heterocycles. The zero-order valence-corrected chi connectivity index (χ0v) is 20.0. The van der Waals surface area contributed by atoms with Gasteiger partial charge in [0, 0.05) is 12.5 Å². The van der Waals surface area contributed by atoms with E-state index in [0.717, 1.165) is 5.56 Å². The van der Waals surface area contributed by atoms with Crippen LogP contribution in [0.1, 0.15) is 25.8 Å². The fraction of sp³-hybridized carbons (Fsp3) is 0.360. The van der Waals surface area contributed by atoms with Crippen molar-refractivity contribution in [2.75, 3.05) is 6.61 Å². The second-order valence-electron chi connectivity index (χ2n) is 8.57. The van der Waals surface area contributed by atoms with Crippen molar-refractivity contribution in [1.82, 2.24) is 5.32 Å². The van der Waals surface area contributed by atoms with Crippen molar-refractivity contribution in [2.24, 2.45) is 17.6 Å². The van der Waals surface area contributed by atoms with E-state index >= 15 is 0 Å². The van der Waals surface area contributed by atoms with Gasteiger partial charge in [-0.25, -0.2) is 8.78 Å². The molecule has 2 aromatic rings. The molecule has 200 valence electrons. The number of amides is 1. The van der Waals surface area contributed by atoms with E-state index < -0.39 is 83.0 Å². The highest BCUT2D eigenvalue weighted by Gasteiger charge is 2.41. The number of ketones is 2. The number of halogens is 4. The predicted molar refractivity (Wildman–Crippen MR) is 122 cm³/mol. The Morgan fingerprint density at radius 2 is 1.57 bits per heavy atom. The lowest BCUT2D eigenvalue weighted by Gasteiger charge is -2.27. The van der Waals surface area contributed by atoms with Crippen LogP contribution in [0.15, 0.2) is 36.4 Å². The topological polar surface area (TPSA) is 136 Å². The first kappa shape index (κ1) is 29.4. The maximum Gasteiger partial charge on any atom is 0.321 e. The summed E-state index contributed by atoms with van der Waals surface area (Å²) in [6.45, 7) is 1.73. The van der Waals surface area contributed by atoms with Crippen molar-refractivity contribution in [3.8, 4) is 5.75 Å². The van der Waals surface area contributed by atoms with Crippen LogP contribution >= 0.6 is 0 Å². The van der Waals surface area contributed by atoms with Gasteiger partial charge in [-0.05, 0) is 17.9 Å². The normalized spacial score (nSPS) is 13.5. The van der Waals surface area contributed by atoms with Crippen LogP contribution in [0.2, 0.25) is 0 Å². The number of benzene rings is 2. The Labute approximate surface area is 209 Å². The molecule has 8 nitrogen and oxygen atoms in total. The fourth-order valence-electron chi connectivity index (χ4n) is 3.50. The summed E-state index contributed by atoms with van der Waals surface area (Å²) >= 11 is 0. The van der Waals surface area contributed by atoms with Crippen LogP contribution in [0.4, 0.5) is 17.6 Å². The Kier molecular flexibility index (Phi) is 10.3. The van der Waals surface area contributed by atoms with Crippen LogP contribution in [0.5, 0.6) is 5.75 Å². The van der Waals surface area contributed by atoms with Crippen molar-refractivity contribution < 1.29 is 46.6 Å². The molecule has 0 heterocycles. The lowest BCUT2D eigenvalue weighted by atomic mass is 9.84. The molecular weight excluding hydrogens is 500 g/mol. The molecule has 2 rings (SSSR count). The lowest BCUT2D eigenvalue weighted by molar-refractivity contribution is -0.148. The highest BCUT2D eigenvalue weighted by Crippen LogP contribution is 2.27. The van der Waals surface area contributed by atoms with Crippen molar-refractivity contribution in [3.05, 3.63) is 65.2 Å². The number of hydrogen-bond donors (Lipinski definition) is 3. The Morgan fingerprint density at radius 3 is 2.08 bits per heavy atom. The van der Waals surface area contributed by atoms with Crippen LogP contribution < -0.4 is 15.8 Å². The van der Waals surface area contributed by atoms with Crippen LogP contribution in [-0.2, 0) is 25.6 Å². The predicted octanol–water partition coefficient (Wildman–Crippen LogP) is 2.56. The number of nitrogens with one attached hydrogen (secondary N) is 1. The van der Waals surface area contributed by atoms with E-state index in [1.54, 1.807) is 30.3 Å². The third kappa shape index (κ3) is 7.59. The van der Waals surface area contributed by atoms with Crippen LogP contribution in [0.25, 0.3) is 0 Å². The number of aliphatic carboxylic acids is 1. The largest absolute Gasteiger partial charge is 0.480 e. The summed E-state index contributed by atoms with van der Waals surface area (Å²) in [6, 6.07) is 5.46. The standard InChI is InChI=1S/C25H26F4N2O6/c1-12(2)22(31-17(33)9-8-13-6-4-3-5-7-13)23(34)18(21(30)25(35)36)16(32)11-37-24-19(28)14(26)10-15(27)20(24)29/h3-7,10,12,18,21-22H,8-9,11,30H2,1-2H3,(H,31,33)(H,35,36)/t18-,21?,22-/m0/s1. The minimum atomic E-state index is -2.11. The Morgan fingerprint density at radius 1 is 1.00 bits per heavy atom. The summed E-state index contributed by atoms with van der Waals surface area (Å²) in [5.74, 6) is -16.4. The van der Waals surface area contributed by atoms with Gasteiger partial charge < -0.3 is 20.9 Å². The third-order valence-corrected chi connectivity index (χ3v) is 5.50. The van der Waals surface area contributed by atoms with Crippen molar-refractivity contribution in [3.63, 3.8) is 0 Å². The van der Waals surface area contributed by atoms with Gasteiger partial charge in [-0.2, -0.15) is 8.78 Å². The first-order valence-corrected chi connectivity index (χ1v) is 11.2. The van der Waals surface area contributed by atoms with Gasteiger partial charge in [-0.3, -0.25) is 19.2 Å². The summed E-state index contributed by atoms with van der Waals surface area (Å²) in [5, 5.41) is 11.8. The van der Waals surface area contributed by atoms with Crippen LogP contribution in [0, 0.1) is 35.1 Å². The molecule has 0 aliphatic heterocycles. The molecule has 0 aliphatic carbocycles. The molecule has 3 atom stereocenters. The van der Waals surface area contributed by atoms with Crippen molar-refractivity contribution >= 4 is 23.4 Å². The summed E-state index contributed by atoms with van der Waals surface area (Å²) in [5.41, 5.74) is 6.42. The zero-order valence-electron chi connectivity index (χ0n) is 20.0. The average Bonchev–Trinajstić information content (AvgIpc) is 2.85. The van der Waals surface area contributed by atoms with E-state index in [9.17, 15) is 41.8 Å². The van der Waals surface area contributed by atoms with Crippen LogP contribution in [-0.4, -0.2) is 47.2 Å². The summed E-state index contributed by atoms with van der Waals surface area (Å²) < 4.78 is 59.1. The number of rotatable bonds is 13. The second kappa shape index (κ2) is 12.9. The summed E-state index contributed by atoms with van der Waals surface area (Å²) in [4.78, 5) is 50.0. The van der Waals surface area contributed by atoms with Gasteiger partial charge in [0.1, 0.15) is 18.6 Å². The molecule has 0 aliphatic rings. The molecule has 0 fully saturated rings. The van der Waals surface area contributed by atoms with Crippen molar-refractivity contribution in [2.45, 2.75) is 38.8 Å². The molecule has 0 saturated carbocycles. The number of carboxylic acids is 1. The molecule has 2 aromatic carbocycles. The number of carbonyl (C=O) groups is 4. The lowest BCUT2D eigenvalue weighted by Crippen LogP contribution is -2.55. The molecular formula is C25H26F4N2O6. The minimum absolute atomic E-state index is 0.0170. The molecule has 0 bridgehead atoms. The highest BCUT2D eigenvalue weighted by atomic mass is 19.2. The Bertz CT molecular complexity index is 1130. The first-order chi connectivity index (χ1) is 17.3. The summed E-state index contributed by atoms with van der Waals surface area (Å²) in [6.07, 6.45) is 0.328. The molecule has 37 heavy (non-hydrogen) atoms. The smallest absolute Gasteiger partial charge is 0.321 e. The van der Waals surface area contributed by atoms with E-state index in [1.807, 2.05) is 0 Å². The number of hydrogen-bond acceptors (Lipinski definition) is 6. The van der Waals surface area contributed by atoms with Gasteiger partial charge in [0.15, 0.2) is 29.0 Å². The summed E-state index contributed by atoms with van der Waals surface area (Å²) in [7, 11) is 0. The monoisotopic (exact) mass is 526 g/mol. The number of carbonyl (C=O) groups excluding carboxylic acids is 3. The van der Waals surface area contributed by atoms with Crippen LogP contribution in [0.3, 0.4) is 0 Å². The third-order valence-electron chi connectivity index (χ3n) is 5.50. The van der Waals surface area contributed by atoms with E-state index in [-0.39, 0.29) is 12.5 Å². The maximum absolute atomic E-state index is 13.9. The number of carboxylic acid groups (broad SMARTS) is 1. The average molecular weight is 526 g/mol. The van der Waals surface area contributed by atoms with E-state index in [1.165, 1.54) is 13.8 Å². The SMILES string of the molecule is CC(C)[C@H](NC(=O)CCc1ccccc1)C(=O)[C@@H](C(=O)COc1c(F)c(F)cc(F)c1F)C(N)C(=O)O. The molecule has 4 N–H and O–H groups in total. The van der Waals surface area contributed by atoms with Gasteiger partial charge in [0.25, 0.3) is 0 Å². The molecule has 1 unspecified atom stereocenters. The van der Waals surface area contributed by atoms with E-state index in [2.05, 4.69) is 10.1 Å². The quantitative estimate of drug-likeness (QED) is 0.207. The van der Waals surface area contributed by atoms with Gasteiger partial charge in [0.2, 0.25) is 17.5 Å². The molecule has 0 radical (unpaired) electrons. The molecule has 1 amide bonds. The number of nitrogens with two attached hydrogens (primary N) is 1. The molecule has 0 saturated heterocycles. The van der Waals surface area contributed by atoms with Gasteiger partial charge in [-0.15, -0.1) is 0 Å². The first-order valence-electron chi connectivity index (χ1n) is 11.2. The van der Waals surface area contributed by atoms with Gasteiger partial charge in [0.05, 0.1) is 6.04 Å². The molecule has 12 heteroatoms. The van der Waals surface area contributed by atoms with Gasteiger partial charge in [-0.1, -0.05) is 44.2 Å². The van der Waals surface area contributed by atoms with E-state index in [0.29, 0.717) is 6.42 Å². The van der Waals surface area contributed by atoms with Gasteiger partial charge >= 0.3 is 5.97 Å². The van der Waals surface area contributed by atoms with Crippen molar-refractivity contribution in [1.29, 1.82) is 0 Å². The Balaban J connectivity index is 2.22. The molecule has 0 spiro atoms. The number of aryl methyl sites for hydroxylation is 1. The maximum atomic E-state index is 13.9. The number of ether oxygens (including phenoxy) is 1.